The Labute approximate surface area is 93.6 Å². The zero-order valence-electron chi connectivity index (χ0n) is 10.2. The Morgan fingerprint density at radius 1 is 1.27 bits per heavy atom. The predicted octanol–water partition coefficient (Wildman–Crippen LogP) is 1.35. The molecule has 3 nitrogen and oxygen atoms in total. The van der Waals surface area contributed by atoms with Gasteiger partial charge in [-0.1, -0.05) is 20.3 Å². The Hall–Kier alpha value is -0.120. The summed E-state index contributed by atoms with van der Waals surface area (Å²) in [4.78, 5) is 2.49. The fourth-order valence-electron chi connectivity index (χ4n) is 2.71. The first kappa shape index (κ1) is 12.9. The number of likely N-dealkylation sites (tertiary alicyclic amines) is 1. The fraction of sp³-hybridized carbons (Fsp3) is 1.00. The van der Waals surface area contributed by atoms with Crippen molar-refractivity contribution in [1.82, 2.24) is 4.90 Å². The number of aliphatic hydroxyl groups excluding tert-OH is 1. The molecule has 3 atom stereocenters. The first-order chi connectivity index (χ1) is 7.22. The van der Waals surface area contributed by atoms with Gasteiger partial charge in [0, 0.05) is 25.2 Å². The van der Waals surface area contributed by atoms with Crippen LogP contribution in [-0.4, -0.2) is 41.3 Å². The number of hydrogen-bond acceptors (Lipinski definition) is 3. The molecule has 0 amide bonds. The molecule has 1 rings (SSSR count). The molecule has 3 heteroatoms. The van der Waals surface area contributed by atoms with E-state index in [1.165, 1.54) is 32.1 Å². The highest BCUT2D eigenvalue weighted by Crippen LogP contribution is 2.26. The number of rotatable bonds is 5. The highest BCUT2D eigenvalue weighted by Gasteiger charge is 2.29. The minimum atomic E-state index is -0.355. The van der Waals surface area contributed by atoms with Crippen LogP contribution in [0.5, 0.6) is 0 Å². The van der Waals surface area contributed by atoms with Crippen LogP contribution in [0.4, 0.5) is 0 Å². The summed E-state index contributed by atoms with van der Waals surface area (Å²) >= 11 is 0. The Kier molecular flexibility index (Phi) is 5.58. The molecule has 0 saturated carbocycles. The van der Waals surface area contributed by atoms with E-state index in [0.29, 0.717) is 18.6 Å². The van der Waals surface area contributed by atoms with Crippen LogP contribution in [0.1, 0.15) is 46.0 Å². The lowest BCUT2D eigenvalue weighted by atomic mass is 9.92. The van der Waals surface area contributed by atoms with Gasteiger partial charge in [-0.25, -0.2) is 0 Å². The quantitative estimate of drug-likeness (QED) is 0.726. The molecule has 0 aromatic heterocycles. The van der Waals surface area contributed by atoms with Gasteiger partial charge in [0.1, 0.15) is 0 Å². The van der Waals surface area contributed by atoms with Crippen LogP contribution in [-0.2, 0) is 0 Å². The van der Waals surface area contributed by atoms with E-state index in [1.54, 1.807) is 0 Å². The van der Waals surface area contributed by atoms with Gasteiger partial charge in [-0.05, 0) is 25.7 Å². The van der Waals surface area contributed by atoms with E-state index in [9.17, 15) is 5.11 Å². The molecule has 3 N–H and O–H groups in total. The van der Waals surface area contributed by atoms with Gasteiger partial charge in [-0.3, -0.25) is 4.90 Å². The van der Waals surface area contributed by atoms with Crippen LogP contribution >= 0.6 is 0 Å². The summed E-state index contributed by atoms with van der Waals surface area (Å²) < 4.78 is 0. The van der Waals surface area contributed by atoms with E-state index in [2.05, 4.69) is 18.7 Å². The molecule has 1 aliphatic rings. The van der Waals surface area contributed by atoms with E-state index in [0.717, 1.165) is 6.54 Å². The minimum absolute atomic E-state index is 0.355. The second kappa shape index (κ2) is 6.46. The minimum Gasteiger partial charge on any atom is -0.390 e. The first-order valence-corrected chi connectivity index (χ1v) is 6.36. The molecular weight excluding hydrogens is 188 g/mol. The highest BCUT2D eigenvalue weighted by molar-refractivity contribution is 4.84. The van der Waals surface area contributed by atoms with Gasteiger partial charge in [0.15, 0.2) is 0 Å². The summed E-state index contributed by atoms with van der Waals surface area (Å²) in [5, 5.41) is 9.67. The smallest absolute Gasteiger partial charge is 0.0789 e. The molecule has 0 aromatic carbocycles. The van der Waals surface area contributed by atoms with Gasteiger partial charge in [-0.15, -0.1) is 0 Å². The van der Waals surface area contributed by atoms with Crippen LogP contribution in [0.15, 0.2) is 0 Å². The van der Waals surface area contributed by atoms with Crippen LogP contribution in [0.3, 0.4) is 0 Å². The van der Waals surface area contributed by atoms with Crippen LogP contribution in [0.25, 0.3) is 0 Å². The van der Waals surface area contributed by atoms with Gasteiger partial charge in [-0.2, -0.15) is 0 Å². The summed E-state index contributed by atoms with van der Waals surface area (Å²) in [6.07, 6.45) is 5.92. The number of aliphatic hydroxyl groups is 1. The summed E-state index contributed by atoms with van der Waals surface area (Å²) in [6.45, 7) is 5.62. The SMILES string of the molecule is CCC1CCCC(CC)N1C[C@H](O)CN. The largest absolute Gasteiger partial charge is 0.390 e. The second-order valence-corrected chi connectivity index (χ2v) is 4.64. The molecule has 2 unspecified atom stereocenters. The zero-order chi connectivity index (χ0) is 11.3. The topological polar surface area (TPSA) is 49.5 Å². The highest BCUT2D eigenvalue weighted by atomic mass is 16.3. The van der Waals surface area contributed by atoms with E-state index >= 15 is 0 Å². The van der Waals surface area contributed by atoms with Crippen molar-refractivity contribution >= 4 is 0 Å². The lowest BCUT2D eigenvalue weighted by Crippen LogP contribution is -2.50. The molecule has 0 aliphatic carbocycles. The number of nitrogens with zero attached hydrogens (tertiary/aromatic N) is 1. The molecule has 0 radical (unpaired) electrons. The van der Waals surface area contributed by atoms with Crippen molar-refractivity contribution in [1.29, 1.82) is 0 Å². The van der Waals surface area contributed by atoms with Crippen molar-refractivity contribution in [3.63, 3.8) is 0 Å². The third kappa shape index (κ3) is 3.44. The summed E-state index contributed by atoms with van der Waals surface area (Å²) in [7, 11) is 0. The molecule has 15 heavy (non-hydrogen) atoms. The molecule has 0 aromatic rings. The monoisotopic (exact) mass is 214 g/mol. The maximum Gasteiger partial charge on any atom is 0.0789 e. The maximum absolute atomic E-state index is 9.67. The van der Waals surface area contributed by atoms with Crippen molar-refractivity contribution < 1.29 is 5.11 Å². The Morgan fingerprint density at radius 3 is 2.20 bits per heavy atom. The van der Waals surface area contributed by atoms with Crippen LogP contribution in [0.2, 0.25) is 0 Å². The van der Waals surface area contributed by atoms with Crippen molar-refractivity contribution in [2.45, 2.75) is 64.1 Å². The van der Waals surface area contributed by atoms with Gasteiger partial charge in [0.2, 0.25) is 0 Å². The van der Waals surface area contributed by atoms with Gasteiger partial charge in [0.05, 0.1) is 6.10 Å². The van der Waals surface area contributed by atoms with E-state index < -0.39 is 0 Å². The summed E-state index contributed by atoms with van der Waals surface area (Å²) in [5.74, 6) is 0. The standard InChI is InChI=1S/C12H26N2O/c1-3-10-6-5-7-11(4-2)14(10)9-12(15)8-13/h10-12,15H,3-9,13H2,1-2H3/t10?,11?,12-/m1/s1. The maximum atomic E-state index is 9.67. The average Bonchev–Trinajstić information content (AvgIpc) is 2.29. The fourth-order valence-corrected chi connectivity index (χ4v) is 2.71. The molecule has 1 aliphatic heterocycles. The predicted molar refractivity (Wildman–Crippen MR) is 63.8 cm³/mol. The van der Waals surface area contributed by atoms with E-state index in [1.807, 2.05) is 0 Å². The molecule has 0 spiro atoms. The van der Waals surface area contributed by atoms with Crippen molar-refractivity contribution in [3.8, 4) is 0 Å². The van der Waals surface area contributed by atoms with Gasteiger partial charge < -0.3 is 10.8 Å². The normalized spacial score (nSPS) is 30.4. The number of piperidine rings is 1. The van der Waals surface area contributed by atoms with Crippen molar-refractivity contribution in [2.75, 3.05) is 13.1 Å². The Bertz CT molecular complexity index is 163. The molecule has 1 heterocycles. The number of hydrogen-bond donors (Lipinski definition) is 2. The van der Waals surface area contributed by atoms with Crippen LogP contribution in [0, 0.1) is 0 Å². The number of β-amino-alcohol motifs (C(OH)–C–C–N with tert-alkyl or cyclic N) is 1. The molecule has 0 bridgehead atoms. The summed E-state index contributed by atoms with van der Waals surface area (Å²) in [5.41, 5.74) is 5.49. The third-order valence-corrected chi connectivity index (χ3v) is 3.65. The number of nitrogens with two attached hydrogens (primary N) is 1. The lowest BCUT2D eigenvalue weighted by Gasteiger charge is -2.42. The summed E-state index contributed by atoms with van der Waals surface area (Å²) in [6, 6.07) is 1.31. The van der Waals surface area contributed by atoms with Crippen molar-refractivity contribution in [3.05, 3.63) is 0 Å². The second-order valence-electron chi connectivity index (χ2n) is 4.64. The van der Waals surface area contributed by atoms with E-state index in [4.69, 9.17) is 5.73 Å². The molecule has 1 fully saturated rings. The van der Waals surface area contributed by atoms with Crippen LogP contribution < -0.4 is 5.73 Å². The third-order valence-electron chi connectivity index (χ3n) is 3.65. The first-order valence-electron chi connectivity index (χ1n) is 6.36. The zero-order valence-corrected chi connectivity index (χ0v) is 10.2. The molecule has 90 valence electrons. The lowest BCUT2D eigenvalue weighted by molar-refractivity contribution is 0.0290. The van der Waals surface area contributed by atoms with Crippen molar-refractivity contribution in [2.24, 2.45) is 5.73 Å². The Balaban J connectivity index is 2.57. The molecular formula is C12H26N2O. The molecule has 1 saturated heterocycles. The Morgan fingerprint density at radius 2 is 1.80 bits per heavy atom. The van der Waals surface area contributed by atoms with Gasteiger partial charge >= 0.3 is 0 Å². The average molecular weight is 214 g/mol. The van der Waals surface area contributed by atoms with E-state index in [-0.39, 0.29) is 6.10 Å². The van der Waals surface area contributed by atoms with Gasteiger partial charge in [0.25, 0.3) is 0 Å².